The molecule has 0 N–H and O–H groups in total. The number of ether oxygens (including phenoxy) is 2. The molecule has 2 aliphatic carbocycles. The van der Waals surface area contributed by atoms with Crippen LogP contribution in [0.3, 0.4) is 0 Å². The van der Waals surface area contributed by atoms with Gasteiger partial charge >= 0.3 is 17.6 Å². The summed E-state index contributed by atoms with van der Waals surface area (Å²) in [5.74, 6) is -0.973. The lowest BCUT2D eigenvalue weighted by Crippen LogP contribution is -2.41. The van der Waals surface area contributed by atoms with E-state index in [9.17, 15) is 14.4 Å². The van der Waals surface area contributed by atoms with Crippen LogP contribution in [0.1, 0.15) is 50.4 Å². The van der Waals surface area contributed by atoms with Crippen LogP contribution in [0.4, 0.5) is 0 Å². The molecular weight excluding hydrogens is 360 g/mol. The van der Waals surface area contributed by atoms with Crippen LogP contribution in [-0.2, 0) is 14.3 Å². The average Bonchev–Trinajstić information content (AvgIpc) is 2.97. The molecule has 1 aromatic carbocycles. The van der Waals surface area contributed by atoms with Gasteiger partial charge in [-0.3, -0.25) is 4.79 Å². The Balaban J connectivity index is 1.67. The van der Waals surface area contributed by atoms with Gasteiger partial charge in [0.05, 0.1) is 12.5 Å². The van der Waals surface area contributed by atoms with Crippen LogP contribution in [0.2, 0.25) is 0 Å². The number of hydrogen-bond acceptors (Lipinski definition) is 6. The molecule has 2 aromatic rings. The van der Waals surface area contributed by atoms with Crippen LogP contribution in [0.5, 0.6) is 0 Å². The van der Waals surface area contributed by atoms with E-state index in [1.807, 2.05) is 20.8 Å². The first-order chi connectivity index (χ1) is 13.2. The van der Waals surface area contributed by atoms with Crippen LogP contribution in [0, 0.1) is 16.2 Å². The molecule has 148 valence electrons. The smallest absolute Gasteiger partial charge is 0.351 e. The minimum atomic E-state index is -0.723. The zero-order valence-corrected chi connectivity index (χ0v) is 16.5. The quantitative estimate of drug-likeness (QED) is 0.593. The van der Waals surface area contributed by atoms with Gasteiger partial charge in [-0.05, 0) is 30.4 Å². The highest BCUT2D eigenvalue weighted by Gasteiger charge is 2.74. The van der Waals surface area contributed by atoms with Crippen LogP contribution in [0.25, 0.3) is 11.0 Å². The molecule has 2 saturated carbocycles. The minimum absolute atomic E-state index is 0.130. The number of carbonyl (C=O) groups is 2. The molecule has 4 rings (SSSR count). The molecule has 2 aliphatic rings. The number of carbonyl (C=O) groups excluding carboxylic acids is 2. The van der Waals surface area contributed by atoms with Crippen molar-refractivity contribution >= 4 is 22.9 Å². The number of hydrogen-bond donors (Lipinski definition) is 0. The number of para-hydroxylation sites is 1. The van der Waals surface area contributed by atoms with E-state index in [0.717, 1.165) is 6.42 Å². The third-order valence-electron chi connectivity index (χ3n) is 7.63. The summed E-state index contributed by atoms with van der Waals surface area (Å²) in [6.45, 7) is 6.12. The lowest BCUT2D eigenvalue weighted by atomic mass is 9.65. The zero-order chi connectivity index (χ0) is 20.3. The van der Waals surface area contributed by atoms with Crippen LogP contribution in [0.15, 0.2) is 39.5 Å². The van der Waals surface area contributed by atoms with Gasteiger partial charge in [-0.15, -0.1) is 0 Å². The SMILES string of the molecule is COC(=O)[C@]12CC[C@@](C)([C@@H](OC(=O)c3cc4ccccc4oc3=O)C1)C2(C)C. The van der Waals surface area contributed by atoms with Gasteiger partial charge in [0.25, 0.3) is 0 Å². The highest BCUT2D eigenvalue weighted by atomic mass is 16.5. The predicted octanol–water partition coefficient (Wildman–Crippen LogP) is 3.71. The molecule has 28 heavy (non-hydrogen) atoms. The van der Waals surface area contributed by atoms with Crippen molar-refractivity contribution in [1.82, 2.24) is 0 Å². The lowest BCUT2D eigenvalue weighted by Gasteiger charge is -2.39. The largest absolute Gasteiger partial charge is 0.469 e. The molecule has 1 aromatic heterocycles. The summed E-state index contributed by atoms with van der Waals surface area (Å²) in [7, 11) is 1.39. The standard InChI is InChI=1S/C22H24O6/c1-20(2)21(3)9-10-22(20,19(25)26-4)12-16(21)28-18(24)14-11-13-7-5-6-8-15(13)27-17(14)23/h5-8,11,16H,9-10,12H2,1-4H3/t16-,21-,22-/m0/s1. The summed E-state index contributed by atoms with van der Waals surface area (Å²) in [6, 6.07) is 8.50. The number of methoxy groups -OCH3 is 1. The van der Waals surface area contributed by atoms with Gasteiger partial charge in [0.1, 0.15) is 17.3 Å². The van der Waals surface area contributed by atoms with E-state index >= 15 is 0 Å². The van der Waals surface area contributed by atoms with Gasteiger partial charge in [0.15, 0.2) is 0 Å². The Kier molecular flexibility index (Phi) is 3.97. The van der Waals surface area contributed by atoms with Crippen molar-refractivity contribution in [1.29, 1.82) is 0 Å². The fraction of sp³-hybridized carbons (Fsp3) is 0.500. The Morgan fingerprint density at radius 2 is 1.86 bits per heavy atom. The maximum absolute atomic E-state index is 12.8. The predicted molar refractivity (Wildman–Crippen MR) is 102 cm³/mol. The highest BCUT2D eigenvalue weighted by Crippen LogP contribution is 2.73. The first-order valence-electron chi connectivity index (χ1n) is 9.49. The van der Waals surface area contributed by atoms with Gasteiger partial charge in [-0.25, -0.2) is 9.59 Å². The maximum atomic E-state index is 12.8. The number of rotatable bonds is 3. The second-order valence-electron chi connectivity index (χ2n) is 8.70. The summed E-state index contributed by atoms with van der Waals surface area (Å²) in [5.41, 5.74) is -1.90. The normalized spacial score (nSPS) is 30.4. The van der Waals surface area contributed by atoms with Crippen LogP contribution < -0.4 is 5.63 Å². The Labute approximate surface area is 162 Å². The first-order valence-corrected chi connectivity index (χ1v) is 9.49. The molecule has 0 radical (unpaired) electrons. The van der Waals surface area contributed by atoms with E-state index < -0.39 is 28.5 Å². The number of esters is 2. The summed E-state index contributed by atoms with van der Waals surface area (Å²) < 4.78 is 16.2. The second-order valence-corrected chi connectivity index (χ2v) is 8.70. The van der Waals surface area contributed by atoms with E-state index in [1.54, 1.807) is 24.3 Å². The van der Waals surface area contributed by atoms with Crippen molar-refractivity contribution in [3.05, 3.63) is 46.3 Å². The van der Waals surface area contributed by atoms with Gasteiger partial charge in [0, 0.05) is 17.2 Å². The van der Waals surface area contributed by atoms with Gasteiger partial charge in [-0.1, -0.05) is 39.0 Å². The fourth-order valence-corrected chi connectivity index (χ4v) is 5.31. The third kappa shape index (κ3) is 2.23. The molecule has 0 unspecified atom stereocenters. The Hall–Kier alpha value is -2.63. The monoisotopic (exact) mass is 384 g/mol. The highest BCUT2D eigenvalue weighted by molar-refractivity contribution is 5.93. The van der Waals surface area contributed by atoms with Crippen molar-refractivity contribution in [2.24, 2.45) is 16.2 Å². The van der Waals surface area contributed by atoms with Crippen molar-refractivity contribution in [2.45, 2.75) is 46.1 Å². The topological polar surface area (TPSA) is 82.8 Å². The molecular formula is C22H24O6. The van der Waals surface area contributed by atoms with Crippen molar-refractivity contribution in [3.8, 4) is 0 Å². The molecule has 6 nitrogen and oxygen atoms in total. The molecule has 6 heteroatoms. The van der Waals surface area contributed by atoms with E-state index in [-0.39, 0.29) is 16.9 Å². The molecule has 3 atom stereocenters. The maximum Gasteiger partial charge on any atom is 0.351 e. The zero-order valence-electron chi connectivity index (χ0n) is 16.5. The summed E-state index contributed by atoms with van der Waals surface area (Å²) in [6.07, 6.45) is 1.37. The van der Waals surface area contributed by atoms with Crippen molar-refractivity contribution < 1.29 is 23.5 Å². The second kappa shape index (κ2) is 5.93. The fourth-order valence-electron chi connectivity index (χ4n) is 5.31. The van der Waals surface area contributed by atoms with Crippen molar-refractivity contribution in [2.75, 3.05) is 7.11 Å². The van der Waals surface area contributed by atoms with Gasteiger partial charge < -0.3 is 13.9 Å². The number of benzene rings is 1. The molecule has 0 amide bonds. The average molecular weight is 384 g/mol. The van der Waals surface area contributed by atoms with Gasteiger partial charge in [-0.2, -0.15) is 0 Å². The summed E-state index contributed by atoms with van der Waals surface area (Å²) in [4.78, 5) is 37.8. The molecule has 2 fully saturated rings. The Morgan fingerprint density at radius 1 is 1.14 bits per heavy atom. The van der Waals surface area contributed by atoms with E-state index in [2.05, 4.69) is 0 Å². The summed E-state index contributed by atoms with van der Waals surface area (Å²) in [5, 5.41) is 0.652. The number of fused-ring (bicyclic) bond motifs is 3. The minimum Gasteiger partial charge on any atom is -0.469 e. The van der Waals surface area contributed by atoms with E-state index in [0.29, 0.717) is 23.8 Å². The van der Waals surface area contributed by atoms with Crippen LogP contribution >= 0.6 is 0 Å². The lowest BCUT2D eigenvalue weighted by molar-refractivity contribution is -0.158. The first kappa shape index (κ1) is 18.7. The molecule has 1 heterocycles. The van der Waals surface area contributed by atoms with Gasteiger partial charge in [0.2, 0.25) is 0 Å². The Bertz CT molecular complexity index is 1030. The Morgan fingerprint density at radius 3 is 2.57 bits per heavy atom. The summed E-state index contributed by atoms with van der Waals surface area (Å²) >= 11 is 0. The molecule has 0 spiro atoms. The van der Waals surface area contributed by atoms with E-state index in [1.165, 1.54) is 13.2 Å². The van der Waals surface area contributed by atoms with Crippen molar-refractivity contribution in [3.63, 3.8) is 0 Å². The van der Waals surface area contributed by atoms with E-state index in [4.69, 9.17) is 13.9 Å². The molecule has 0 saturated heterocycles. The van der Waals surface area contributed by atoms with Crippen LogP contribution in [-0.4, -0.2) is 25.2 Å². The molecule has 2 bridgehead atoms. The molecule has 0 aliphatic heterocycles. The third-order valence-corrected chi connectivity index (χ3v) is 7.63.